The van der Waals surface area contributed by atoms with E-state index in [2.05, 4.69) is 4.98 Å². The van der Waals surface area contributed by atoms with Gasteiger partial charge in [-0.3, -0.25) is 0 Å². The van der Waals surface area contributed by atoms with Crippen molar-refractivity contribution in [1.82, 2.24) is 4.98 Å². The summed E-state index contributed by atoms with van der Waals surface area (Å²) in [6.45, 7) is -0.925. The maximum atomic E-state index is 12.9. The van der Waals surface area contributed by atoms with Crippen molar-refractivity contribution >= 4 is 0 Å². The quantitative estimate of drug-likeness (QED) is 0.728. The van der Waals surface area contributed by atoms with Gasteiger partial charge in [0, 0.05) is 17.7 Å². The van der Waals surface area contributed by atoms with Crippen LogP contribution in [0.3, 0.4) is 0 Å². The Kier molecular flexibility index (Phi) is 3.43. The zero-order valence-electron chi connectivity index (χ0n) is 7.17. The van der Waals surface area contributed by atoms with Gasteiger partial charge >= 0.3 is 0 Å². The van der Waals surface area contributed by atoms with Crippen LogP contribution in [-0.4, -0.2) is 10.1 Å². The number of rotatable bonds is 3. The summed E-state index contributed by atoms with van der Waals surface area (Å²) < 4.78 is 37.6. The summed E-state index contributed by atoms with van der Waals surface area (Å²) in [5.74, 6) is -0.961. The predicted molar refractivity (Wildman–Crippen MR) is 43.0 cm³/mol. The summed E-state index contributed by atoms with van der Waals surface area (Å²) in [5, 5.41) is 8.63. The van der Waals surface area contributed by atoms with E-state index in [0.717, 1.165) is 6.07 Å². The number of pyridine rings is 1. The SMILES string of the molecule is NCc1nc(F)c(CO)cc1C(F)F. The molecule has 1 heterocycles. The maximum absolute atomic E-state index is 12.9. The van der Waals surface area contributed by atoms with E-state index >= 15 is 0 Å². The first-order chi connectivity index (χ1) is 6.60. The Morgan fingerprint density at radius 3 is 2.57 bits per heavy atom. The molecule has 0 fully saturated rings. The number of aromatic nitrogens is 1. The van der Waals surface area contributed by atoms with Crippen molar-refractivity contribution in [3.63, 3.8) is 0 Å². The highest BCUT2D eigenvalue weighted by molar-refractivity contribution is 5.27. The molecule has 0 amide bonds. The number of nitrogens with two attached hydrogens (primary N) is 1. The Morgan fingerprint density at radius 1 is 1.50 bits per heavy atom. The third-order valence-electron chi connectivity index (χ3n) is 1.76. The number of aliphatic hydroxyl groups excluding tert-OH is 1. The molecular formula is C8H9F3N2O. The number of aliphatic hydroxyl groups is 1. The summed E-state index contributed by atoms with van der Waals surface area (Å²) >= 11 is 0. The van der Waals surface area contributed by atoms with Crippen molar-refractivity contribution in [2.24, 2.45) is 5.73 Å². The van der Waals surface area contributed by atoms with Gasteiger partial charge in [-0.15, -0.1) is 0 Å². The van der Waals surface area contributed by atoms with E-state index in [1.54, 1.807) is 0 Å². The van der Waals surface area contributed by atoms with Crippen molar-refractivity contribution in [2.75, 3.05) is 0 Å². The molecule has 3 N–H and O–H groups in total. The molecule has 1 aromatic heterocycles. The van der Waals surface area contributed by atoms with E-state index in [1.807, 2.05) is 0 Å². The second-order valence-corrected chi connectivity index (χ2v) is 2.64. The fourth-order valence-corrected chi connectivity index (χ4v) is 1.05. The number of halogens is 3. The van der Waals surface area contributed by atoms with Gasteiger partial charge in [0.1, 0.15) is 0 Å². The number of hydrogen-bond donors (Lipinski definition) is 2. The van der Waals surface area contributed by atoms with E-state index in [-0.39, 0.29) is 17.8 Å². The minimum absolute atomic E-state index is 0.185. The third kappa shape index (κ3) is 2.02. The lowest BCUT2D eigenvalue weighted by atomic mass is 10.1. The second kappa shape index (κ2) is 4.39. The molecule has 0 aliphatic heterocycles. The van der Waals surface area contributed by atoms with E-state index in [4.69, 9.17) is 10.8 Å². The zero-order chi connectivity index (χ0) is 10.7. The van der Waals surface area contributed by atoms with Crippen LogP contribution in [0.1, 0.15) is 23.2 Å². The lowest BCUT2D eigenvalue weighted by Crippen LogP contribution is -2.09. The summed E-state index contributed by atoms with van der Waals surface area (Å²) in [4.78, 5) is 3.25. The summed E-state index contributed by atoms with van der Waals surface area (Å²) in [6.07, 6.45) is -2.77. The Bertz CT molecular complexity index is 331. The molecule has 0 radical (unpaired) electrons. The molecule has 0 saturated heterocycles. The van der Waals surface area contributed by atoms with Gasteiger partial charge in [-0.2, -0.15) is 4.39 Å². The number of nitrogens with zero attached hydrogens (tertiary/aromatic N) is 1. The molecule has 3 nitrogen and oxygen atoms in total. The highest BCUT2D eigenvalue weighted by atomic mass is 19.3. The van der Waals surface area contributed by atoms with Crippen LogP contribution in [0.2, 0.25) is 0 Å². The number of hydrogen-bond acceptors (Lipinski definition) is 3. The molecule has 0 atom stereocenters. The highest BCUT2D eigenvalue weighted by Gasteiger charge is 2.17. The van der Waals surface area contributed by atoms with Crippen molar-refractivity contribution in [1.29, 1.82) is 0 Å². The van der Waals surface area contributed by atoms with Crippen LogP contribution >= 0.6 is 0 Å². The molecule has 1 aromatic rings. The van der Waals surface area contributed by atoms with Gasteiger partial charge in [0.2, 0.25) is 5.95 Å². The van der Waals surface area contributed by atoms with Gasteiger partial charge in [-0.25, -0.2) is 13.8 Å². The van der Waals surface area contributed by atoms with Crippen LogP contribution in [0, 0.1) is 5.95 Å². The monoisotopic (exact) mass is 206 g/mol. The third-order valence-corrected chi connectivity index (χ3v) is 1.76. The lowest BCUT2D eigenvalue weighted by molar-refractivity contribution is 0.149. The molecule has 0 aromatic carbocycles. The van der Waals surface area contributed by atoms with Crippen LogP contribution in [-0.2, 0) is 13.2 Å². The van der Waals surface area contributed by atoms with Crippen LogP contribution < -0.4 is 5.73 Å². The molecule has 0 bridgehead atoms. The maximum Gasteiger partial charge on any atom is 0.265 e. The minimum atomic E-state index is -2.77. The Hall–Kier alpha value is -1.14. The van der Waals surface area contributed by atoms with Gasteiger partial charge in [0.25, 0.3) is 6.43 Å². The second-order valence-electron chi connectivity index (χ2n) is 2.64. The Morgan fingerprint density at radius 2 is 2.14 bits per heavy atom. The summed E-state index contributed by atoms with van der Waals surface area (Å²) in [5.41, 5.74) is 4.25. The first kappa shape index (κ1) is 10.9. The van der Waals surface area contributed by atoms with Crippen LogP contribution in [0.4, 0.5) is 13.2 Å². The topological polar surface area (TPSA) is 59.1 Å². The van der Waals surface area contributed by atoms with E-state index in [1.165, 1.54) is 0 Å². The molecule has 0 unspecified atom stereocenters. The normalized spacial score (nSPS) is 11.0. The zero-order valence-corrected chi connectivity index (χ0v) is 7.17. The fourth-order valence-electron chi connectivity index (χ4n) is 1.05. The smallest absolute Gasteiger partial charge is 0.265 e. The average molecular weight is 206 g/mol. The van der Waals surface area contributed by atoms with Crippen LogP contribution in [0.25, 0.3) is 0 Å². The predicted octanol–water partition coefficient (Wildman–Crippen LogP) is 1.11. The van der Waals surface area contributed by atoms with E-state index < -0.39 is 24.5 Å². The first-order valence-corrected chi connectivity index (χ1v) is 3.87. The van der Waals surface area contributed by atoms with Gasteiger partial charge in [-0.05, 0) is 6.07 Å². The molecule has 0 aliphatic rings. The summed E-state index contributed by atoms with van der Waals surface area (Å²) in [6, 6.07) is 0.884. The van der Waals surface area contributed by atoms with Crippen LogP contribution in [0.5, 0.6) is 0 Å². The van der Waals surface area contributed by atoms with Crippen molar-refractivity contribution < 1.29 is 18.3 Å². The van der Waals surface area contributed by atoms with Gasteiger partial charge in [0.05, 0.1) is 12.3 Å². The Balaban J connectivity index is 3.25. The first-order valence-electron chi connectivity index (χ1n) is 3.87. The average Bonchev–Trinajstić information content (AvgIpc) is 2.16. The van der Waals surface area contributed by atoms with E-state index in [9.17, 15) is 13.2 Å². The van der Waals surface area contributed by atoms with Crippen molar-refractivity contribution in [3.05, 3.63) is 28.8 Å². The standard InChI is InChI=1S/C8H9F3N2O/c9-7(10)5-1-4(3-14)8(11)13-6(5)2-12/h1,7,14H,2-3,12H2. The summed E-state index contributed by atoms with van der Waals surface area (Å²) in [7, 11) is 0. The number of alkyl halides is 2. The highest BCUT2D eigenvalue weighted by Crippen LogP contribution is 2.23. The lowest BCUT2D eigenvalue weighted by Gasteiger charge is -2.08. The molecule has 6 heteroatoms. The fraction of sp³-hybridized carbons (Fsp3) is 0.375. The molecule has 1 rings (SSSR count). The van der Waals surface area contributed by atoms with E-state index in [0.29, 0.717) is 0 Å². The molecule has 14 heavy (non-hydrogen) atoms. The van der Waals surface area contributed by atoms with Crippen molar-refractivity contribution in [2.45, 2.75) is 19.6 Å². The van der Waals surface area contributed by atoms with Gasteiger partial charge in [-0.1, -0.05) is 0 Å². The molecular weight excluding hydrogens is 197 g/mol. The van der Waals surface area contributed by atoms with Crippen LogP contribution in [0.15, 0.2) is 6.07 Å². The molecule has 0 aliphatic carbocycles. The van der Waals surface area contributed by atoms with Gasteiger partial charge in [0.15, 0.2) is 0 Å². The largest absolute Gasteiger partial charge is 0.392 e. The van der Waals surface area contributed by atoms with Crippen molar-refractivity contribution in [3.8, 4) is 0 Å². The van der Waals surface area contributed by atoms with Gasteiger partial charge < -0.3 is 10.8 Å². The Labute approximate surface area is 78.4 Å². The minimum Gasteiger partial charge on any atom is -0.392 e. The molecule has 0 saturated carbocycles. The molecule has 78 valence electrons. The molecule has 0 spiro atoms.